The van der Waals surface area contributed by atoms with Crippen LogP contribution in [-0.2, 0) is 11.3 Å². The normalized spacial score (nSPS) is 17.8. The first-order valence-electron chi connectivity index (χ1n) is 15.1. The van der Waals surface area contributed by atoms with Gasteiger partial charge in [-0.1, -0.05) is 37.5 Å². The molecule has 2 aliphatic rings. The molecule has 2 fully saturated rings. The van der Waals surface area contributed by atoms with Crippen molar-refractivity contribution >= 4 is 11.8 Å². The van der Waals surface area contributed by atoms with Crippen molar-refractivity contribution < 1.29 is 14.3 Å². The van der Waals surface area contributed by atoms with Gasteiger partial charge in [0.05, 0.1) is 24.1 Å². The number of nitrogens with zero attached hydrogens (tertiary/aromatic N) is 4. The van der Waals surface area contributed by atoms with E-state index in [1.54, 1.807) is 7.11 Å². The number of nitrogens with one attached hydrogen (secondary N) is 1. The maximum absolute atomic E-state index is 13.7. The summed E-state index contributed by atoms with van der Waals surface area (Å²) < 4.78 is 5.62. The Kier molecular flexibility index (Phi) is 10.9. The number of aryl methyl sites for hydroxylation is 2. The van der Waals surface area contributed by atoms with E-state index in [0.29, 0.717) is 54.3 Å². The molecular formula is C32H47N5O3. The molecule has 1 atom stereocenters. The number of carbonyl (C=O) groups excluding carboxylic acids is 2. The number of carbonyl (C=O) groups is 2. The molecule has 1 N–H and O–H groups in total. The number of aromatic nitrogens is 2. The summed E-state index contributed by atoms with van der Waals surface area (Å²) in [5.74, 6) is 1.55. The molecule has 218 valence electrons. The van der Waals surface area contributed by atoms with Gasteiger partial charge in [-0.2, -0.15) is 0 Å². The molecule has 8 heteroatoms. The Morgan fingerprint density at radius 1 is 1.05 bits per heavy atom. The quantitative estimate of drug-likeness (QED) is 0.421. The van der Waals surface area contributed by atoms with Crippen molar-refractivity contribution in [1.82, 2.24) is 25.1 Å². The van der Waals surface area contributed by atoms with Crippen LogP contribution in [0, 0.1) is 19.8 Å². The highest BCUT2D eigenvalue weighted by Crippen LogP contribution is 2.30. The van der Waals surface area contributed by atoms with Crippen LogP contribution in [0.25, 0.3) is 0 Å². The van der Waals surface area contributed by atoms with Gasteiger partial charge in [0.2, 0.25) is 5.91 Å². The lowest BCUT2D eigenvalue weighted by atomic mass is 9.86. The van der Waals surface area contributed by atoms with Gasteiger partial charge in [-0.3, -0.25) is 9.59 Å². The predicted octanol–water partition coefficient (Wildman–Crippen LogP) is 5.07. The number of hydrogen-bond donors (Lipinski definition) is 1. The Labute approximate surface area is 239 Å². The molecule has 0 bridgehead atoms. The number of amides is 2. The highest BCUT2D eigenvalue weighted by atomic mass is 16.5. The maximum atomic E-state index is 13.7. The third-order valence-electron chi connectivity index (χ3n) is 8.91. The van der Waals surface area contributed by atoms with Crippen LogP contribution in [0.5, 0.6) is 5.75 Å². The van der Waals surface area contributed by atoms with E-state index in [-0.39, 0.29) is 11.9 Å². The smallest absolute Gasteiger partial charge is 0.254 e. The molecule has 8 nitrogen and oxygen atoms in total. The second-order valence-corrected chi connectivity index (χ2v) is 11.6. The number of rotatable bonds is 11. The summed E-state index contributed by atoms with van der Waals surface area (Å²) in [6.45, 7) is 9.01. The van der Waals surface area contributed by atoms with Crippen molar-refractivity contribution in [2.24, 2.45) is 5.92 Å². The fraction of sp³-hybridized carbons (Fsp3) is 0.625. The van der Waals surface area contributed by atoms with Crippen molar-refractivity contribution in [3.63, 3.8) is 0 Å². The lowest BCUT2D eigenvalue weighted by Gasteiger charge is -2.41. The van der Waals surface area contributed by atoms with Crippen LogP contribution in [0.3, 0.4) is 0 Å². The molecule has 1 aromatic heterocycles. The fourth-order valence-corrected chi connectivity index (χ4v) is 6.42. The molecule has 40 heavy (non-hydrogen) atoms. The lowest BCUT2D eigenvalue weighted by molar-refractivity contribution is -0.136. The van der Waals surface area contributed by atoms with Crippen LogP contribution in [0.15, 0.2) is 30.6 Å². The second kappa shape index (κ2) is 14.6. The molecule has 1 saturated heterocycles. The first-order valence-corrected chi connectivity index (χ1v) is 15.1. The van der Waals surface area contributed by atoms with Gasteiger partial charge in [0.15, 0.2) is 0 Å². The van der Waals surface area contributed by atoms with Gasteiger partial charge in [-0.05, 0) is 64.9 Å². The molecular weight excluding hydrogens is 502 g/mol. The van der Waals surface area contributed by atoms with Crippen molar-refractivity contribution in [2.75, 3.05) is 26.7 Å². The standard InChI is InChI=1S/C32H47N5O3/c1-23(14-17-33-32(39)31-24(2)34-22-35-25(31)3)36-18-15-28(16-19-36)37(21-27-12-8-9-13-29(27)40-4)30(38)20-26-10-6-5-7-11-26/h8-9,12-13,22-23,26,28H,5-7,10-11,14-21H2,1-4H3,(H,33,39). The number of ether oxygens (including phenoxy) is 1. The largest absolute Gasteiger partial charge is 0.496 e. The van der Waals surface area contributed by atoms with Crippen molar-refractivity contribution in [3.05, 3.63) is 53.1 Å². The summed E-state index contributed by atoms with van der Waals surface area (Å²) in [4.78, 5) is 39.4. The fourth-order valence-electron chi connectivity index (χ4n) is 6.42. The molecule has 0 spiro atoms. The molecule has 1 aromatic carbocycles. The van der Waals surface area contributed by atoms with E-state index in [4.69, 9.17) is 4.74 Å². The Bertz CT molecular complexity index is 1110. The van der Waals surface area contributed by atoms with Gasteiger partial charge >= 0.3 is 0 Å². The van der Waals surface area contributed by atoms with E-state index in [0.717, 1.165) is 43.7 Å². The molecule has 1 aliphatic carbocycles. The first-order chi connectivity index (χ1) is 19.4. The Balaban J connectivity index is 1.32. The minimum Gasteiger partial charge on any atom is -0.496 e. The summed E-state index contributed by atoms with van der Waals surface area (Å²) in [6, 6.07) is 8.64. The zero-order valence-corrected chi connectivity index (χ0v) is 24.8. The van der Waals surface area contributed by atoms with Gasteiger partial charge < -0.3 is 19.9 Å². The highest BCUT2D eigenvalue weighted by Gasteiger charge is 2.31. The molecule has 2 heterocycles. The topological polar surface area (TPSA) is 87.7 Å². The molecule has 0 radical (unpaired) electrons. The number of benzene rings is 1. The van der Waals surface area contributed by atoms with E-state index in [9.17, 15) is 9.59 Å². The van der Waals surface area contributed by atoms with E-state index in [1.807, 2.05) is 32.0 Å². The second-order valence-electron chi connectivity index (χ2n) is 11.6. The van der Waals surface area contributed by atoms with Crippen LogP contribution in [0.2, 0.25) is 0 Å². The zero-order valence-electron chi connectivity index (χ0n) is 24.8. The minimum absolute atomic E-state index is 0.107. The van der Waals surface area contributed by atoms with E-state index in [2.05, 4.69) is 38.1 Å². The lowest BCUT2D eigenvalue weighted by Crippen LogP contribution is -2.49. The summed E-state index contributed by atoms with van der Waals surface area (Å²) >= 11 is 0. The number of hydrogen-bond acceptors (Lipinski definition) is 6. The number of likely N-dealkylation sites (tertiary alicyclic amines) is 1. The number of piperidine rings is 1. The van der Waals surface area contributed by atoms with E-state index in [1.165, 1.54) is 38.4 Å². The summed E-state index contributed by atoms with van der Waals surface area (Å²) in [6.07, 6.45) is 11.1. The summed E-state index contributed by atoms with van der Waals surface area (Å²) in [5, 5.41) is 3.06. The van der Waals surface area contributed by atoms with Gasteiger partial charge in [-0.25, -0.2) is 9.97 Å². The van der Waals surface area contributed by atoms with Gasteiger partial charge in [0.1, 0.15) is 12.1 Å². The average molecular weight is 550 g/mol. The first kappa shape index (κ1) is 30.0. The monoisotopic (exact) mass is 549 g/mol. The number of methoxy groups -OCH3 is 1. The van der Waals surface area contributed by atoms with Crippen molar-refractivity contribution in [3.8, 4) is 5.75 Å². The SMILES string of the molecule is COc1ccccc1CN(C(=O)CC1CCCCC1)C1CCN(C(C)CCNC(=O)c2c(C)ncnc2C)CC1. The minimum atomic E-state index is -0.107. The van der Waals surface area contributed by atoms with Crippen molar-refractivity contribution in [1.29, 1.82) is 0 Å². The predicted molar refractivity (Wildman–Crippen MR) is 157 cm³/mol. The number of para-hydroxylation sites is 1. The van der Waals surface area contributed by atoms with Crippen LogP contribution >= 0.6 is 0 Å². The molecule has 1 saturated carbocycles. The third kappa shape index (κ3) is 7.80. The average Bonchev–Trinajstić information content (AvgIpc) is 2.96. The highest BCUT2D eigenvalue weighted by molar-refractivity contribution is 5.96. The van der Waals surface area contributed by atoms with Crippen LogP contribution in [0.1, 0.15) is 92.0 Å². The maximum Gasteiger partial charge on any atom is 0.254 e. The van der Waals surface area contributed by atoms with Gasteiger partial charge in [0, 0.05) is 50.2 Å². The molecule has 4 rings (SSSR count). The molecule has 2 amide bonds. The summed E-state index contributed by atoms with van der Waals surface area (Å²) in [7, 11) is 1.70. The Morgan fingerprint density at radius 3 is 2.40 bits per heavy atom. The summed E-state index contributed by atoms with van der Waals surface area (Å²) in [5.41, 5.74) is 3.05. The van der Waals surface area contributed by atoms with Crippen LogP contribution in [-0.4, -0.2) is 70.4 Å². The van der Waals surface area contributed by atoms with Gasteiger partial charge in [-0.15, -0.1) is 0 Å². The van der Waals surface area contributed by atoms with E-state index < -0.39 is 0 Å². The Hall–Kier alpha value is -3.00. The van der Waals surface area contributed by atoms with E-state index >= 15 is 0 Å². The van der Waals surface area contributed by atoms with Gasteiger partial charge in [0.25, 0.3) is 5.91 Å². The third-order valence-corrected chi connectivity index (χ3v) is 8.91. The van der Waals surface area contributed by atoms with Crippen LogP contribution in [0.4, 0.5) is 0 Å². The molecule has 1 unspecified atom stereocenters. The molecule has 2 aromatic rings. The Morgan fingerprint density at radius 2 is 1.73 bits per heavy atom. The zero-order chi connectivity index (χ0) is 28.5. The van der Waals surface area contributed by atoms with Crippen molar-refractivity contribution in [2.45, 2.75) is 97.2 Å². The van der Waals surface area contributed by atoms with Crippen LogP contribution < -0.4 is 10.1 Å². The molecule has 1 aliphatic heterocycles.